The SMILES string of the molecule is CCc1ccc(S(=O)(=O)NCCN(CCN(C)C)C(C)=O)s1. The number of nitrogens with one attached hydrogen (secondary N) is 1. The summed E-state index contributed by atoms with van der Waals surface area (Å²) in [6.07, 6.45) is 0.822. The fourth-order valence-corrected chi connectivity index (χ4v) is 4.19. The first-order chi connectivity index (χ1) is 10.3. The molecular formula is C14H25N3O3S2. The highest BCUT2D eigenvalue weighted by Gasteiger charge is 2.17. The number of rotatable bonds is 9. The molecule has 1 N–H and O–H groups in total. The van der Waals surface area contributed by atoms with E-state index in [9.17, 15) is 13.2 Å². The van der Waals surface area contributed by atoms with Gasteiger partial charge in [0.05, 0.1) is 0 Å². The molecule has 1 amide bonds. The monoisotopic (exact) mass is 347 g/mol. The van der Waals surface area contributed by atoms with Crippen molar-refractivity contribution < 1.29 is 13.2 Å². The predicted octanol–water partition coefficient (Wildman–Crippen LogP) is 0.999. The van der Waals surface area contributed by atoms with E-state index in [1.807, 2.05) is 32.0 Å². The summed E-state index contributed by atoms with van der Waals surface area (Å²) < 4.78 is 27.2. The van der Waals surface area contributed by atoms with Crippen LogP contribution in [0.1, 0.15) is 18.7 Å². The van der Waals surface area contributed by atoms with Gasteiger partial charge in [-0.3, -0.25) is 4.79 Å². The predicted molar refractivity (Wildman–Crippen MR) is 89.7 cm³/mol. The van der Waals surface area contributed by atoms with Gasteiger partial charge in [0.2, 0.25) is 15.9 Å². The van der Waals surface area contributed by atoms with Gasteiger partial charge in [-0.25, -0.2) is 13.1 Å². The zero-order valence-corrected chi connectivity index (χ0v) is 15.3. The molecule has 126 valence electrons. The van der Waals surface area contributed by atoms with E-state index >= 15 is 0 Å². The Morgan fingerprint density at radius 2 is 1.91 bits per heavy atom. The van der Waals surface area contributed by atoms with E-state index < -0.39 is 10.0 Å². The summed E-state index contributed by atoms with van der Waals surface area (Å²) in [5, 5.41) is 0. The zero-order valence-electron chi connectivity index (χ0n) is 13.6. The van der Waals surface area contributed by atoms with Crippen molar-refractivity contribution in [3.8, 4) is 0 Å². The normalized spacial score (nSPS) is 11.9. The third-order valence-electron chi connectivity index (χ3n) is 3.19. The lowest BCUT2D eigenvalue weighted by Gasteiger charge is -2.23. The molecule has 0 bridgehead atoms. The quantitative estimate of drug-likeness (QED) is 0.723. The van der Waals surface area contributed by atoms with Crippen LogP contribution in [0.2, 0.25) is 0 Å². The molecule has 0 aliphatic rings. The molecule has 0 radical (unpaired) electrons. The summed E-state index contributed by atoms with van der Waals surface area (Å²) in [6, 6.07) is 3.46. The second-order valence-electron chi connectivity index (χ2n) is 5.28. The van der Waals surface area contributed by atoms with Crippen LogP contribution in [-0.2, 0) is 21.2 Å². The van der Waals surface area contributed by atoms with E-state index in [1.54, 1.807) is 11.0 Å². The fourth-order valence-electron chi connectivity index (χ4n) is 1.83. The number of carbonyl (C=O) groups excluding carboxylic acids is 1. The van der Waals surface area contributed by atoms with E-state index in [0.717, 1.165) is 17.8 Å². The first kappa shape index (κ1) is 19.1. The minimum atomic E-state index is -3.48. The number of carbonyl (C=O) groups is 1. The molecule has 1 rings (SSSR count). The van der Waals surface area contributed by atoms with Crippen molar-refractivity contribution in [1.29, 1.82) is 0 Å². The van der Waals surface area contributed by atoms with Crippen LogP contribution < -0.4 is 4.72 Å². The molecule has 6 nitrogen and oxygen atoms in total. The largest absolute Gasteiger partial charge is 0.340 e. The third kappa shape index (κ3) is 6.04. The Labute approximate surface area is 137 Å². The van der Waals surface area contributed by atoms with Gasteiger partial charge < -0.3 is 9.80 Å². The highest BCUT2D eigenvalue weighted by molar-refractivity contribution is 7.91. The summed E-state index contributed by atoms with van der Waals surface area (Å²) in [7, 11) is 0.385. The van der Waals surface area contributed by atoms with Gasteiger partial charge >= 0.3 is 0 Å². The number of thiophene rings is 1. The Morgan fingerprint density at radius 3 is 2.41 bits per heavy atom. The van der Waals surface area contributed by atoms with Gasteiger partial charge in [0.1, 0.15) is 4.21 Å². The van der Waals surface area contributed by atoms with E-state index in [-0.39, 0.29) is 12.5 Å². The molecule has 0 saturated heterocycles. The van der Waals surface area contributed by atoms with E-state index in [0.29, 0.717) is 17.3 Å². The van der Waals surface area contributed by atoms with E-state index in [1.165, 1.54) is 18.3 Å². The van der Waals surface area contributed by atoms with Crippen LogP contribution in [0.4, 0.5) is 0 Å². The lowest BCUT2D eigenvalue weighted by molar-refractivity contribution is -0.128. The van der Waals surface area contributed by atoms with Gasteiger partial charge in [0.25, 0.3) is 0 Å². The van der Waals surface area contributed by atoms with Crippen LogP contribution in [0, 0.1) is 0 Å². The average molecular weight is 348 g/mol. The number of nitrogens with zero attached hydrogens (tertiary/aromatic N) is 2. The first-order valence-corrected chi connectivity index (χ1v) is 9.55. The Hall–Kier alpha value is -0.960. The molecule has 22 heavy (non-hydrogen) atoms. The number of hydrogen-bond donors (Lipinski definition) is 1. The molecule has 0 fully saturated rings. The summed E-state index contributed by atoms with van der Waals surface area (Å²) in [5.41, 5.74) is 0. The van der Waals surface area contributed by atoms with Gasteiger partial charge in [-0.2, -0.15) is 0 Å². The second kappa shape index (κ2) is 8.61. The third-order valence-corrected chi connectivity index (χ3v) is 6.37. The molecule has 1 aromatic rings. The molecular weight excluding hydrogens is 322 g/mol. The number of hydrogen-bond acceptors (Lipinski definition) is 5. The van der Waals surface area contributed by atoms with Gasteiger partial charge in [0, 0.05) is 38.0 Å². The van der Waals surface area contributed by atoms with Crippen LogP contribution in [-0.4, -0.2) is 64.4 Å². The molecule has 0 atom stereocenters. The second-order valence-corrected chi connectivity index (χ2v) is 8.44. The fraction of sp³-hybridized carbons (Fsp3) is 0.643. The number of aryl methyl sites for hydroxylation is 1. The minimum absolute atomic E-state index is 0.0505. The van der Waals surface area contributed by atoms with Crippen LogP contribution >= 0.6 is 11.3 Å². The van der Waals surface area contributed by atoms with Crippen LogP contribution in [0.25, 0.3) is 0 Å². The van der Waals surface area contributed by atoms with Gasteiger partial charge in [0.15, 0.2) is 0 Å². The molecule has 0 aliphatic carbocycles. The topological polar surface area (TPSA) is 69.7 Å². The molecule has 8 heteroatoms. The standard InChI is InChI=1S/C14H25N3O3S2/c1-5-13-6-7-14(21-13)22(19,20)15-8-9-17(12(2)18)11-10-16(3)4/h6-7,15H,5,8-11H2,1-4H3. The van der Waals surface area contributed by atoms with Gasteiger partial charge in [-0.15, -0.1) is 11.3 Å². The summed E-state index contributed by atoms with van der Waals surface area (Å²) in [4.78, 5) is 16.2. The van der Waals surface area contributed by atoms with Crippen molar-refractivity contribution in [2.24, 2.45) is 0 Å². The van der Waals surface area contributed by atoms with Crippen molar-refractivity contribution in [2.45, 2.75) is 24.5 Å². The first-order valence-electron chi connectivity index (χ1n) is 7.25. The number of amides is 1. The lowest BCUT2D eigenvalue weighted by Crippen LogP contribution is -2.40. The van der Waals surface area contributed by atoms with Gasteiger partial charge in [-0.05, 0) is 32.6 Å². The Balaban J connectivity index is 2.54. The molecule has 0 spiro atoms. The Kier molecular flexibility index (Phi) is 7.47. The van der Waals surface area contributed by atoms with Crippen LogP contribution in [0.5, 0.6) is 0 Å². The van der Waals surface area contributed by atoms with E-state index in [2.05, 4.69) is 4.72 Å². The van der Waals surface area contributed by atoms with Crippen molar-refractivity contribution in [2.75, 3.05) is 40.3 Å². The molecule has 0 saturated carbocycles. The van der Waals surface area contributed by atoms with Crippen molar-refractivity contribution >= 4 is 27.3 Å². The molecule has 0 unspecified atom stereocenters. The van der Waals surface area contributed by atoms with Crippen molar-refractivity contribution in [3.05, 3.63) is 17.0 Å². The molecule has 1 aromatic heterocycles. The highest BCUT2D eigenvalue weighted by Crippen LogP contribution is 2.21. The molecule has 1 heterocycles. The average Bonchev–Trinajstić information content (AvgIpc) is 2.91. The van der Waals surface area contributed by atoms with E-state index in [4.69, 9.17) is 0 Å². The van der Waals surface area contributed by atoms with Gasteiger partial charge in [-0.1, -0.05) is 6.92 Å². The maximum Gasteiger partial charge on any atom is 0.250 e. The molecule has 0 aromatic carbocycles. The summed E-state index contributed by atoms with van der Waals surface area (Å²) in [5.74, 6) is -0.0505. The minimum Gasteiger partial charge on any atom is -0.340 e. The Morgan fingerprint density at radius 1 is 1.23 bits per heavy atom. The van der Waals surface area contributed by atoms with Crippen molar-refractivity contribution in [1.82, 2.24) is 14.5 Å². The maximum atomic E-state index is 12.2. The lowest BCUT2D eigenvalue weighted by atomic mass is 10.4. The smallest absolute Gasteiger partial charge is 0.250 e. The molecule has 0 aliphatic heterocycles. The number of sulfonamides is 1. The van der Waals surface area contributed by atoms with Crippen LogP contribution in [0.3, 0.4) is 0 Å². The summed E-state index contributed by atoms with van der Waals surface area (Å²) in [6.45, 7) is 5.41. The summed E-state index contributed by atoms with van der Waals surface area (Å²) >= 11 is 1.28. The number of likely N-dealkylation sites (N-methyl/N-ethyl adjacent to an activating group) is 1. The highest BCUT2D eigenvalue weighted by atomic mass is 32.2. The zero-order chi connectivity index (χ0) is 16.8. The Bertz CT molecular complexity index is 582. The van der Waals surface area contributed by atoms with Crippen LogP contribution in [0.15, 0.2) is 16.3 Å². The van der Waals surface area contributed by atoms with Crippen molar-refractivity contribution in [3.63, 3.8) is 0 Å². The maximum absolute atomic E-state index is 12.2.